The van der Waals surface area contributed by atoms with E-state index < -0.39 is 5.60 Å². The predicted octanol–water partition coefficient (Wildman–Crippen LogP) is 3.72. The lowest BCUT2D eigenvalue weighted by atomic mass is 10.1. The molecule has 0 aliphatic rings. The van der Waals surface area contributed by atoms with Crippen molar-refractivity contribution in [3.8, 4) is 0 Å². The molecule has 0 saturated carbocycles. The van der Waals surface area contributed by atoms with Gasteiger partial charge >= 0.3 is 5.97 Å². The van der Waals surface area contributed by atoms with Crippen LogP contribution in [0, 0.1) is 0 Å². The number of fused-ring (bicyclic) bond motifs is 1. The molecular formula is C20H22N4O3. The Hall–Kier alpha value is -3.22. The van der Waals surface area contributed by atoms with Gasteiger partial charge in [0.2, 0.25) is 0 Å². The second-order valence-electron chi connectivity index (χ2n) is 7.28. The largest absolute Gasteiger partial charge is 0.459 e. The van der Waals surface area contributed by atoms with Gasteiger partial charge in [-0.05, 0) is 58.0 Å². The molecule has 7 nitrogen and oxygen atoms in total. The van der Waals surface area contributed by atoms with E-state index in [0.29, 0.717) is 11.4 Å². The molecule has 0 atom stereocenters. The van der Waals surface area contributed by atoms with Gasteiger partial charge in [0.15, 0.2) is 11.6 Å². The fourth-order valence-electron chi connectivity index (χ4n) is 2.82. The van der Waals surface area contributed by atoms with Crippen LogP contribution in [0.15, 0.2) is 42.7 Å². The third-order valence-corrected chi connectivity index (χ3v) is 3.82. The number of ether oxygens (including phenoxy) is 1. The monoisotopic (exact) mass is 366 g/mol. The maximum Gasteiger partial charge on any atom is 0.326 e. The van der Waals surface area contributed by atoms with Gasteiger partial charge in [0.25, 0.3) is 0 Å². The number of aromatic nitrogens is 3. The predicted molar refractivity (Wildman–Crippen MR) is 103 cm³/mol. The van der Waals surface area contributed by atoms with Crippen molar-refractivity contribution in [1.82, 2.24) is 14.8 Å². The van der Waals surface area contributed by atoms with Gasteiger partial charge in [-0.3, -0.25) is 9.59 Å². The molecule has 0 radical (unpaired) electrons. The van der Waals surface area contributed by atoms with E-state index in [4.69, 9.17) is 4.74 Å². The Morgan fingerprint density at radius 2 is 2.00 bits per heavy atom. The number of anilines is 2. The van der Waals surface area contributed by atoms with Crippen molar-refractivity contribution in [2.45, 2.75) is 39.8 Å². The van der Waals surface area contributed by atoms with Gasteiger partial charge in [0.05, 0.1) is 0 Å². The maximum atomic E-state index is 12.2. The average molecular weight is 366 g/mol. The van der Waals surface area contributed by atoms with Gasteiger partial charge in [-0.15, -0.1) is 5.10 Å². The summed E-state index contributed by atoms with van der Waals surface area (Å²) in [7, 11) is 0. The molecule has 0 unspecified atom stereocenters. The van der Waals surface area contributed by atoms with Crippen LogP contribution in [-0.2, 0) is 16.1 Å². The highest BCUT2D eigenvalue weighted by Gasteiger charge is 2.19. The standard InChI is InChI=1S/C20H22N4O3/c1-13(25)16-11-24(12-19(26)27-20(2,3)4)17-8-7-14(10-15(16)17)22-18-6-5-9-21-23-18/h5-11H,12H2,1-4H3,(H,22,23). The van der Waals surface area contributed by atoms with E-state index in [1.165, 1.54) is 6.92 Å². The molecule has 7 heteroatoms. The molecule has 0 aliphatic heterocycles. The number of Topliss-reactive ketones (excluding diaryl/α,β-unsaturated/α-hetero) is 1. The molecule has 3 rings (SSSR count). The fourth-order valence-corrected chi connectivity index (χ4v) is 2.82. The van der Waals surface area contributed by atoms with Crippen LogP contribution in [0.1, 0.15) is 38.1 Å². The molecule has 0 bridgehead atoms. The number of carbonyl (C=O) groups is 2. The first-order chi connectivity index (χ1) is 12.7. The molecule has 0 spiro atoms. The summed E-state index contributed by atoms with van der Waals surface area (Å²) in [5, 5.41) is 11.7. The van der Waals surface area contributed by atoms with E-state index >= 15 is 0 Å². The van der Waals surface area contributed by atoms with Gasteiger partial charge in [-0.1, -0.05) is 0 Å². The number of hydrogen-bond acceptors (Lipinski definition) is 6. The molecule has 140 valence electrons. The Labute approximate surface area is 157 Å². The summed E-state index contributed by atoms with van der Waals surface area (Å²) in [5.74, 6) is 0.185. The van der Waals surface area contributed by atoms with Crippen molar-refractivity contribution >= 4 is 34.2 Å². The minimum Gasteiger partial charge on any atom is -0.459 e. The number of ketones is 1. The third kappa shape index (κ3) is 4.49. The lowest BCUT2D eigenvalue weighted by Gasteiger charge is -2.19. The summed E-state index contributed by atoms with van der Waals surface area (Å²) in [6, 6.07) is 9.19. The summed E-state index contributed by atoms with van der Waals surface area (Å²) in [6.07, 6.45) is 3.29. The van der Waals surface area contributed by atoms with Crippen molar-refractivity contribution in [3.63, 3.8) is 0 Å². The lowest BCUT2D eigenvalue weighted by molar-refractivity contribution is -0.155. The molecule has 0 saturated heterocycles. The lowest BCUT2D eigenvalue weighted by Crippen LogP contribution is -2.26. The highest BCUT2D eigenvalue weighted by atomic mass is 16.6. The van der Waals surface area contributed by atoms with Crippen molar-refractivity contribution in [1.29, 1.82) is 0 Å². The summed E-state index contributed by atoms with van der Waals surface area (Å²) in [5.41, 5.74) is 1.56. The Balaban J connectivity index is 1.95. The first-order valence-electron chi connectivity index (χ1n) is 8.63. The van der Waals surface area contributed by atoms with Crippen molar-refractivity contribution < 1.29 is 14.3 Å². The molecular weight excluding hydrogens is 344 g/mol. The van der Waals surface area contributed by atoms with Crippen LogP contribution in [0.2, 0.25) is 0 Å². The summed E-state index contributed by atoms with van der Waals surface area (Å²) >= 11 is 0. The molecule has 27 heavy (non-hydrogen) atoms. The van der Waals surface area contributed by atoms with Crippen LogP contribution >= 0.6 is 0 Å². The van der Waals surface area contributed by atoms with Crippen molar-refractivity contribution in [3.05, 3.63) is 48.3 Å². The van der Waals surface area contributed by atoms with E-state index in [2.05, 4.69) is 15.5 Å². The molecule has 2 aromatic heterocycles. The topological polar surface area (TPSA) is 86.1 Å². The van der Waals surface area contributed by atoms with E-state index in [9.17, 15) is 9.59 Å². The SMILES string of the molecule is CC(=O)c1cn(CC(=O)OC(C)(C)C)c2ccc(Nc3cccnn3)cc12. The molecule has 1 N–H and O–H groups in total. The third-order valence-electron chi connectivity index (χ3n) is 3.82. The minimum absolute atomic E-state index is 0.0397. The Kier molecular flexibility index (Phi) is 4.94. The van der Waals surface area contributed by atoms with Crippen molar-refractivity contribution in [2.24, 2.45) is 0 Å². The highest BCUT2D eigenvalue weighted by molar-refractivity contribution is 6.08. The van der Waals surface area contributed by atoms with E-state index in [0.717, 1.165) is 16.6 Å². The first kappa shape index (κ1) is 18.6. The molecule has 2 heterocycles. The van der Waals surface area contributed by atoms with E-state index in [1.807, 2.05) is 39.0 Å². The molecule has 0 aliphatic carbocycles. The van der Waals surface area contributed by atoms with Gasteiger partial charge in [-0.2, -0.15) is 5.10 Å². The quantitative estimate of drug-likeness (QED) is 0.547. The number of nitrogens with one attached hydrogen (secondary N) is 1. The summed E-state index contributed by atoms with van der Waals surface area (Å²) < 4.78 is 7.13. The van der Waals surface area contributed by atoms with Crippen LogP contribution in [0.3, 0.4) is 0 Å². The summed E-state index contributed by atoms with van der Waals surface area (Å²) in [4.78, 5) is 24.3. The average Bonchev–Trinajstić information content (AvgIpc) is 2.92. The van der Waals surface area contributed by atoms with E-state index in [-0.39, 0.29) is 18.3 Å². The molecule has 0 fully saturated rings. The fraction of sp³-hybridized carbons (Fsp3) is 0.300. The number of benzene rings is 1. The maximum absolute atomic E-state index is 12.2. The van der Waals surface area contributed by atoms with Crippen LogP contribution in [0.4, 0.5) is 11.5 Å². The van der Waals surface area contributed by atoms with Crippen molar-refractivity contribution in [2.75, 3.05) is 5.32 Å². The zero-order chi connectivity index (χ0) is 19.6. The van der Waals surface area contributed by atoms with Gasteiger partial charge in [0, 0.05) is 34.5 Å². The zero-order valence-electron chi connectivity index (χ0n) is 15.8. The van der Waals surface area contributed by atoms with Gasteiger partial charge < -0.3 is 14.6 Å². The molecule has 1 aromatic carbocycles. The summed E-state index contributed by atoms with van der Waals surface area (Å²) in [6.45, 7) is 7.02. The minimum atomic E-state index is -0.558. The Bertz CT molecular complexity index is 988. The zero-order valence-corrected chi connectivity index (χ0v) is 15.8. The first-order valence-corrected chi connectivity index (χ1v) is 8.63. The second-order valence-corrected chi connectivity index (χ2v) is 7.28. The van der Waals surface area contributed by atoms with Crippen LogP contribution < -0.4 is 5.32 Å². The number of esters is 1. The number of hydrogen-bond donors (Lipinski definition) is 1. The van der Waals surface area contributed by atoms with Gasteiger partial charge in [-0.25, -0.2) is 0 Å². The van der Waals surface area contributed by atoms with Gasteiger partial charge in [0.1, 0.15) is 12.1 Å². The number of rotatable bonds is 5. The second kappa shape index (κ2) is 7.19. The van der Waals surface area contributed by atoms with E-state index in [1.54, 1.807) is 29.1 Å². The molecule has 0 amide bonds. The normalized spacial score (nSPS) is 11.4. The Morgan fingerprint density at radius 1 is 1.22 bits per heavy atom. The number of carbonyl (C=O) groups excluding carboxylic acids is 2. The highest BCUT2D eigenvalue weighted by Crippen LogP contribution is 2.27. The smallest absolute Gasteiger partial charge is 0.326 e. The van der Waals surface area contributed by atoms with Crippen LogP contribution in [0.5, 0.6) is 0 Å². The Morgan fingerprint density at radius 3 is 2.63 bits per heavy atom. The molecule has 3 aromatic rings. The van der Waals surface area contributed by atoms with Crippen LogP contribution in [-0.4, -0.2) is 32.1 Å². The van der Waals surface area contributed by atoms with Crippen LogP contribution in [0.25, 0.3) is 10.9 Å². The number of nitrogens with zero attached hydrogens (tertiary/aromatic N) is 3.